The number of allylic oxidation sites excluding steroid dienone is 21. The number of amides is 1. The van der Waals surface area contributed by atoms with Gasteiger partial charge in [-0.3, -0.25) is 4.79 Å². The molecule has 1 heterocycles. The van der Waals surface area contributed by atoms with E-state index in [-0.39, 0.29) is 18.9 Å². The summed E-state index contributed by atoms with van der Waals surface area (Å²) in [5.74, 6) is -0.222. The Morgan fingerprint density at radius 2 is 0.759 bits per heavy atom. The van der Waals surface area contributed by atoms with Crippen molar-refractivity contribution in [2.45, 2.75) is 314 Å². The molecule has 0 aliphatic carbocycles. The number of nitrogens with one attached hydrogen (secondary N) is 1. The normalized spacial score (nSPS) is 19.1. The molecule has 1 aliphatic rings. The molecule has 6 N–H and O–H groups in total. The summed E-state index contributed by atoms with van der Waals surface area (Å²) in [7, 11) is 0. The maximum absolute atomic E-state index is 13.1. The zero-order valence-corrected chi connectivity index (χ0v) is 52.9. The fraction of sp³-hybridized carbons (Fsp3) is 0.689. The SMILES string of the molecule is CC/C=C\C/C=C\C/C=C\C/C=C\C/C=C\C/C=C\C/C=C\C/C=C\C/C=C\CCCCCC(=O)NC(COC1OC(CO)C(O)C(O)C1O)C(O)/C=C/CC/C=C/CCCCCCCCCCCCCCCCCCCCCCCCC. The molecule has 0 spiro atoms. The van der Waals surface area contributed by atoms with Crippen molar-refractivity contribution < 1.29 is 39.8 Å². The van der Waals surface area contributed by atoms with E-state index in [1.807, 2.05) is 6.08 Å². The van der Waals surface area contributed by atoms with Crippen LogP contribution in [0.3, 0.4) is 0 Å². The number of unbranched alkanes of at least 4 members (excludes halogenated alkanes) is 27. The minimum absolute atomic E-state index is 0.222. The molecular formula is C74H125NO8. The van der Waals surface area contributed by atoms with Crippen molar-refractivity contribution in [2.24, 2.45) is 0 Å². The minimum atomic E-state index is -1.59. The number of hydrogen-bond acceptors (Lipinski definition) is 8. The molecule has 0 radical (unpaired) electrons. The predicted molar refractivity (Wildman–Crippen MR) is 354 cm³/mol. The molecule has 7 unspecified atom stereocenters. The lowest BCUT2D eigenvalue weighted by atomic mass is 9.99. The summed E-state index contributed by atoms with van der Waals surface area (Å²) < 4.78 is 11.3. The van der Waals surface area contributed by atoms with Crippen LogP contribution >= 0.6 is 0 Å². The lowest BCUT2D eigenvalue weighted by Gasteiger charge is -2.40. The molecule has 0 aromatic carbocycles. The van der Waals surface area contributed by atoms with Crippen molar-refractivity contribution in [3.05, 3.63) is 134 Å². The van der Waals surface area contributed by atoms with Crippen LogP contribution in [0, 0.1) is 0 Å². The summed E-state index contributed by atoms with van der Waals surface area (Å²) in [5, 5.41) is 54.7. The van der Waals surface area contributed by atoms with Gasteiger partial charge in [-0.2, -0.15) is 0 Å². The quantitative estimate of drug-likeness (QED) is 0.0261. The number of aliphatic hydroxyl groups is 5. The van der Waals surface area contributed by atoms with Crippen molar-refractivity contribution in [1.29, 1.82) is 0 Å². The van der Waals surface area contributed by atoms with Crippen LogP contribution < -0.4 is 5.32 Å². The van der Waals surface area contributed by atoms with Crippen LogP contribution in [-0.2, 0) is 14.3 Å². The first kappa shape index (κ1) is 77.3. The van der Waals surface area contributed by atoms with Gasteiger partial charge in [0.2, 0.25) is 5.91 Å². The second kappa shape index (κ2) is 61.4. The van der Waals surface area contributed by atoms with Crippen molar-refractivity contribution >= 4 is 5.91 Å². The average molecular weight is 1160 g/mol. The molecule has 7 atom stereocenters. The van der Waals surface area contributed by atoms with Gasteiger partial charge in [-0.15, -0.1) is 0 Å². The van der Waals surface area contributed by atoms with Crippen LogP contribution in [0.4, 0.5) is 0 Å². The molecular weight excluding hydrogens is 1030 g/mol. The monoisotopic (exact) mass is 1160 g/mol. The summed E-state index contributed by atoms with van der Waals surface area (Å²) in [6, 6.07) is -0.852. The summed E-state index contributed by atoms with van der Waals surface area (Å²) in [6.07, 6.45) is 86.9. The Balaban J connectivity index is 2.24. The van der Waals surface area contributed by atoms with Crippen LogP contribution in [0.5, 0.6) is 0 Å². The minimum Gasteiger partial charge on any atom is -0.394 e. The van der Waals surface area contributed by atoms with E-state index in [4.69, 9.17) is 9.47 Å². The van der Waals surface area contributed by atoms with Crippen LogP contribution in [0.2, 0.25) is 0 Å². The highest BCUT2D eigenvalue weighted by Crippen LogP contribution is 2.23. The van der Waals surface area contributed by atoms with Gasteiger partial charge in [0.05, 0.1) is 25.4 Å². The first-order valence-corrected chi connectivity index (χ1v) is 33.9. The van der Waals surface area contributed by atoms with Crippen molar-refractivity contribution in [3.63, 3.8) is 0 Å². The third-order valence-electron chi connectivity index (χ3n) is 15.2. The first-order valence-electron chi connectivity index (χ1n) is 33.9. The van der Waals surface area contributed by atoms with E-state index in [9.17, 15) is 30.3 Å². The summed E-state index contributed by atoms with van der Waals surface area (Å²) in [4.78, 5) is 13.1. The summed E-state index contributed by atoms with van der Waals surface area (Å²) in [6.45, 7) is 3.64. The third-order valence-corrected chi connectivity index (χ3v) is 15.2. The predicted octanol–water partition coefficient (Wildman–Crippen LogP) is 18.4. The molecule has 1 fully saturated rings. The molecule has 9 heteroatoms. The van der Waals surface area contributed by atoms with E-state index in [0.29, 0.717) is 6.42 Å². The van der Waals surface area contributed by atoms with E-state index < -0.39 is 49.5 Å². The number of rotatable bonds is 57. The van der Waals surface area contributed by atoms with E-state index in [1.165, 1.54) is 148 Å². The maximum atomic E-state index is 13.1. The highest BCUT2D eigenvalue weighted by atomic mass is 16.7. The Bertz CT molecular complexity index is 1770. The van der Waals surface area contributed by atoms with Crippen LogP contribution in [0.25, 0.3) is 0 Å². The number of ether oxygens (including phenoxy) is 2. The Hall–Kier alpha value is -3.67. The van der Waals surface area contributed by atoms with E-state index in [0.717, 1.165) is 96.3 Å². The highest BCUT2D eigenvalue weighted by Gasteiger charge is 2.44. The third kappa shape index (κ3) is 50.2. The van der Waals surface area contributed by atoms with Gasteiger partial charge in [-0.05, 0) is 103 Å². The second-order valence-corrected chi connectivity index (χ2v) is 22.9. The van der Waals surface area contributed by atoms with Crippen LogP contribution in [-0.4, -0.2) is 87.5 Å². The smallest absolute Gasteiger partial charge is 0.220 e. The summed E-state index contributed by atoms with van der Waals surface area (Å²) in [5.41, 5.74) is 0. The zero-order chi connectivity index (χ0) is 60.0. The van der Waals surface area contributed by atoms with E-state index in [2.05, 4.69) is 141 Å². The molecule has 1 saturated heterocycles. The van der Waals surface area contributed by atoms with Crippen molar-refractivity contribution in [2.75, 3.05) is 13.2 Å². The molecule has 83 heavy (non-hydrogen) atoms. The largest absolute Gasteiger partial charge is 0.394 e. The standard InChI is InChI=1S/C74H125NO8/c1-3-5-7-9-11-13-15-17-19-21-23-25-27-29-31-33-34-36-38-40-42-44-46-48-50-52-54-56-58-60-62-64-70(78)75-67(66-82-74-73(81)72(80)71(79)69(65-76)83-74)68(77)63-61-59-57-55-53-51-49-47-45-43-41-39-37-35-32-30-28-26-24-22-20-18-16-14-12-10-8-6-4-2/h5,7,11,13,17,19,23,25,29,31,34,36,40,42,46,48,52-55,61,63,67-69,71-74,76-77,79-81H,3-4,6,8-10,12,14-16,18,20-22,24,26-28,30,32-33,35,37-39,41,43-45,47,49-51,56-60,62,64-66H2,1-2H3,(H,75,78)/b7-5-,13-11-,19-17-,25-23-,31-29-,36-34-,42-40-,48-46-,54-52-,55-53+,63-61+. The molecule has 9 nitrogen and oxygen atoms in total. The fourth-order valence-electron chi connectivity index (χ4n) is 9.93. The van der Waals surface area contributed by atoms with Gasteiger partial charge >= 0.3 is 0 Å². The van der Waals surface area contributed by atoms with Crippen LogP contribution in [0.1, 0.15) is 271 Å². The molecule has 1 amide bonds. The van der Waals surface area contributed by atoms with Gasteiger partial charge in [0.25, 0.3) is 0 Å². The molecule has 0 saturated carbocycles. The Morgan fingerprint density at radius 3 is 1.16 bits per heavy atom. The number of carbonyl (C=O) groups is 1. The molecule has 0 aromatic rings. The van der Waals surface area contributed by atoms with E-state index >= 15 is 0 Å². The van der Waals surface area contributed by atoms with Crippen LogP contribution in [0.15, 0.2) is 134 Å². The van der Waals surface area contributed by atoms with Gasteiger partial charge in [0, 0.05) is 6.42 Å². The van der Waals surface area contributed by atoms with Gasteiger partial charge in [0.15, 0.2) is 6.29 Å². The van der Waals surface area contributed by atoms with Crippen molar-refractivity contribution in [1.82, 2.24) is 5.32 Å². The lowest BCUT2D eigenvalue weighted by molar-refractivity contribution is -0.302. The van der Waals surface area contributed by atoms with Crippen molar-refractivity contribution in [3.8, 4) is 0 Å². The summed E-state index contributed by atoms with van der Waals surface area (Å²) >= 11 is 0. The first-order chi connectivity index (χ1) is 40.8. The molecule has 0 aromatic heterocycles. The maximum Gasteiger partial charge on any atom is 0.220 e. The average Bonchev–Trinajstić information content (AvgIpc) is 3.61. The fourth-order valence-corrected chi connectivity index (χ4v) is 9.93. The van der Waals surface area contributed by atoms with E-state index in [1.54, 1.807) is 6.08 Å². The topological polar surface area (TPSA) is 149 Å². The number of aliphatic hydroxyl groups excluding tert-OH is 5. The number of hydrogen-bond donors (Lipinski definition) is 6. The van der Waals surface area contributed by atoms with Gasteiger partial charge in [-0.25, -0.2) is 0 Å². The second-order valence-electron chi connectivity index (χ2n) is 22.9. The number of carbonyl (C=O) groups excluding carboxylic acids is 1. The Morgan fingerprint density at radius 1 is 0.422 bits per heavy atom. The zero-order valence-electron chi connectivity index (χ0n) is 52.9. The molecule has 0 bridgehead atoms. The van der Waals surface area contributed by atoms with Gasteiger partial charge in [-0.1, -0.05) is 295 Å². The van der Waals surface area contributed by atoms with Gasteiger partial charge < -0.3 is 40.3 Å². The Kier molecular flexibility index (Phi) is 57.2. The molecule has 474 valence electrons. The van der Waals surface area contributed by atoms with Gasteiger partial charge in [0.1, 0.15) is 24.4 Å². The lowest BCUT2D eigenvalue weighted by Crippen LogP contribution is -2.60. The Labute approximate surface area is 509 Å². The molecule has 1 aliphatic heterocycles. The molecule has 1 rings (SSSR count). The highest BCUT2D eigenvalue weighted by molar-refractivity contribution is 5.76.